The minimum absolute atomic E-state index is 0.760. The Morgan fingerprint density at radius 3 is 2.46 bits per heavy atom. The van der Waals surface area contributed by atoms with E-state index in [1.54, 1.807) is 0 Å². The van der Waals surface area contributed by atoms with Crippen LogP contribution < -0.4 is 5.32 Å². The Balaban J connectivity index is 1.52. The maximum atomic E-state index is 4.58. The molecular weight excluding hydrogens is 296 g/mol. The zero-order chi connectivity index (χ0) is 16.4. The van der Waals surface area contributed by atoms with Crippen LogP contribution >= 0.6 is 0 Å². The molecule has 0 fully saturated rings. The van der Waals surface area contributed by atoms with Gasteiger partial charge < -0.3 is 10.3 Å². The molecule has 4 aromatic rings. The van der Waals surface area contributed by atoms with Crippen molar-refractivity contribution in [2.45, 2.75) is 13.5 Å². The van der Waals surface area contributed by atoms with E-state index >= 15 is 0 Å². The van der Waals surface area contributed by atoms with Crippen LogP contribution in [-0.2, 0) is 6.54 Å². The quantitative estimate of drug-likeness (QED) is 0.581. The van der Waals surface area contributed by atoms with E-state index in [4.69, 9.17) is 0 Å². The van der Waals surface area contributed by atoms with Crippen LogP contribution in [0.4, 0.5) is 5.69 Å². The Bertz CT molecular complexity index is 956. The van der Waals surface area contributed by atoms with Gasteiger partial charge in [-0.1, -0.05) is 30.3 Å². The molecule has 0 spiro atoms. The van der Waals surface area contributed by atoms with Crippen LogP contribution in [0.25, 0.3) is 22.6 Å². The van der Waals surface area contributed by atoms with E-state index in [1.807, 2.05) is 25.1 Å². The summed E-state index contributed by atoms with van der Waals surface area (Å²) in [4.78, 5) is 12.4. The fourth-order valence-corrected chi connectivity index (χ4v) is 2.67. The number of H-pyrrole nitrogens is 1. The van der Waals surface area contributed by atoms with Gasteiger partial charge in [0.15, 0.2) is 5.65 Å². The second-order valence-electron chi connectivity index (χ2n) is 5.83. The molecule has 0 saturated heterocycles. The molecule has 0 radical (unpaired) electrons. The highest BCUT2D eigenvalue weighted by atomic mass is 15.0. The summed E-state index contributed by atoms with van der Waals surface area (Å²) in [6.07, 6.45) is 0. The predicted molar refractivity (Wildman–Crippen MR) is 97.8 cm³/mol. The third-order valence-corrected chi connectivity index (χ3v) is 3.98. The Hall–Kier alpha value is -3.14. The number of nitrogens with one attached hydrogen (secondary N) is 2. The normalized spacial score (nSPS) is 10.9. The molecule has 0 unspecified atom stereocenters. The summed E-state index contributed by atoms with van der Waals surface area (Å²) < 4.78 is 0. The monoisotopic (exact) mass is 314 g/mol. The van der Waals surface area contributed by atoms with E-state index in [0.717, 1.165) is 40.5 Å². The average Bonchev–Trinajstić information content (AvgIpc) is 3.04. The van der Waals surface area contributed by atoms with Gasteiger partial charge in [0, 0.05) is 23.5 Å². The predicted octanol–water partition coefficient (Wildman–Crippen LogP) is 4.55. The van der Waals surface area contributed by atoms with Gasteiger partial charge in [0.05, 0.1) is 5.52 Å². The van der Waals surface area contributed by atoms with Crippen LogP contribution in [0, 0.1) is 6.92 Å². The van der Waals surface area contributed by atoms with Crippen LogP contribution in [0.2, 0.25) is 0 Å². The topological polar surface area (TPSA) is 53.6 Å². The van der Waals surface area contributed by atoms with Crippen molar-refractivity contribution in [1.29, 1.82) is 0 Å². The highest BCUT2D eigenvalue weighted by Crippen LogP contribution is 2.21. The molecule has 2 aromatic carbocycles. The Morgan fingerprint density at radius 1 is 0.875 bits per heavy atom. The van der Waals surface area contributed by atoms with Gasteiger partial charge in [0.1, 0.15) is 5.82 Å². The van der Waals surface area contributed by atoms with Crippen molar-refractivity contribution >= 4 is 16.9 Å². The van der Waals surface area contributed by atoms with Crippen LogP contribution in [-0.4, -0.2) is 15.0 Å². The number of anilines is 1. The smallest absolute Gasteiger partial charge is 0.178 e. The van der Waals surface area contributed by atoms with Gasteiger partial charge in [-0.3, -0.25) is 0 Å². The van der Waals surface area contributed by atoms with Crippen molar-refractivity contribution in [3.05, 3.63) is 78.0 Å². The molecule has 0 amide bonds. The molecular formula is C20H18N4. The second-order valence-corrected chi connectivity index (χ2v) is 5.83. The van der Waals surface area contributed by atoms with E-state index in [0.29, 0.717) is 0 Å². The molecule has 0 saturated carbocycles. The largest absolute Gasteiger partial charge is 0.381 e. The molecule has 2 aromatic heterocycles. The van der Waals surface area contributed by atoms with E-state index in [1.165, 1.54) is 5.56 Å². The van der Waals surface area contributed by atoms with Gasteiger partial charge in [-0.15, -0.1) is 0 Å². The number of fused-ring (bicyclic) bond motifs is 1. The first-order valence-electron chi connectivity index (χ1n) is 7.99. The van der Waals surface area contributed by atoms with Crippen LogP contribution in [0.15, 0.2) is 66.7 Å². The fraction of sp³-hybridized carbons (Fsp3) is 0.100. The van der Waals surface area contributed by atoms with Gasteiger partial charge >= 0.3 is 0 Å². The fourth-order valence-electron chi connectivity index (χ4n) is 2.67. The third-order valence-electron chi connectivity index (χ3n) is 3.98. The van der Waals surface area contributed by atoms with E-state index < -0.39 is 0 Å². The van der Waals surface area contributed by atoms with Crippen molar-refractivity contribution in [3.63, 3.8) is 0 Å². The molecule has 0 aliphatic carbocycles. The summed E-state index contributed by atoms with van der Waals surface area (Å²) in [5, 5.41) is 3.43. The maximum absolute atomic E-state index is 4.58. The molecule has 0 aliphatic heterocycles. The molecule has 0 bridgehead atoms. The molecule has 0 atom stereocenters. The lowest BCUT2D eigenvalue weighted by molar-refractivity contribution is 1.15. The molecule has 2 heterocycles. The Labute approximate surface area is 140 Å². The van der Waals surface area contributed by atoms with E-state index in [2.05, 4.69) is 68.8 Å². The van der Waals surface area contributed by atoms with Gasteiger partial charge in [0.2, 0.25) is 0 Å². The number of hydrogen-bond donors (Lipinski definition) is 2. The third kappa shape index (κ3) is 2.99. The summed E-state index contributed by atoms with van der Waals surface area (Å²) >= 11 is 0. The molecule has 118 valence electrons. The van der Waals surface area contributed by atoms with Crippen LogP contribution in [0.3, 0.4) is 0 Å². The first-order valence-corrected chi connectivity index (χ1v) is 7.99. The lowest BCUT2D eigenvalue weighted by Crippen LogP contribution is -1.98. The van der Waals surface area contributed by atoms with Gasteiger partial charge in [-0.25, -0.2) is 9.97 Å². The Morgan fingerprint density at radius 2 is 1.67 bits per heavy atom. The van der Waals surface area contributed by atoms with Crippen molar-refractivity contribution in [3.8, 4) is 11.4 Å². The lowest BCUT2D eigenvalue weighted by Gasteiger charge is -2.07. The lowest BCUT2D eigenvalue weighted by atomic mass is 10.2. The van der Waals surface area contributed by atoms with Gasteiger partial charge in [-0.05, 0) is 48.9 Å². The Kier molecular flexibility index (Phi) is 3.71. The zero-order valence-corrected chi connectivity index (χ0v) is 13.5. The standard InChI is InChI=1S/C20H18N4/c1-14-7-12-18-20(22-14)24-19(23-18)16-8-10-17(11-9-16)21-13-15-5-3-2-4-6-15/h2-12,21H,13H2,1H3,(H,22,23,24). The number of pyridine rings is 1. The number of aromatic amines is 1. The number of hydrogen-bond acceptors (Lipinski definition) is 3. The van der Waals surface area contributed by atoms with E-state index in [-0.39, 0.29) is 0 Å². The highest BCUT2D eigenvalue weighted by Gasteiger charge is 2.06. The highest BCUT2D eigenvalue weighted by molar-refractivity contribution is 5.76. The zero-order valence-electron chi connectivity index (χ0n) is 13.5. The minimum Gasteiger partial charge on any atom is -0.381 e. The molecule has 4 heteroatoms. The molecule has 4 nitrogen and oxygen atoms in total. The number of aromatic nitrogens is 3. The summed E-state index contributed by atoms with van der Waals surface area (Å²) in [7, 11) is 0. The minimum atomic E-state index is 0.760. The maximum Gasteiger partial charge on any atom is 0.178 e. The summed E-state index contributed by atoms with van der Waals surface area (Å²) in [6.45, 7) is 2.79. The molecule has 24 heavy (non-hydrogen) atoms. The summed E-state index contributed by atoms with van der Waals surface area (Å²) in [6, 6.07) is 22.7. The van der Waals surface area contributed by atoms with Gasteiger partial charge in [-0.2, -0.15) is 0 Å². The first-order chi connectivity index (χ1) is 11.8. The number of imidazole rings is 1. The summed E-state index contributed by atoms with van der Waals surface area (Å²) in [5.74, 6) is 0.845. The number of aryl methyl sites for hydroxylation is 1. The molecule has 4 rings (SSSR count). The SMILES string of the molecule is Cc1ccc2[nH]c(-c3ccc(NCc4ccccc4)cc3)nc2n1. The summed E-state index contributed by atoms with van der Waals surface area (Å²) in [5.41, 5.74) is 6.10. The van der Waals surface area contributed by atoms with Crippen molar-refractivity contribution in [2.75, 3.05) is 5.32 Å². The number of rotatable bonds is 4. The number of benzene rings is 2. The molecule has 0 aliphatic rings. The first kappa shape index (κ1) is 14.5. The van der Waals surface area contributed by atoms with Gasteiger partial charge in [0.25, 0.3) is 0 Å². The van der Waals surface area contributed by atoms with E-state index in [9.17, 15) is 0 Å². The number of nitrogens with zero attached hydrogens (tertiary/aromatic N) is 2. The van der Waals surface area contributed by atoms with Crippen LogP contribution in [0.1, 0.15) is 11.3 Å². The average molecular weight is 314 g/mol. The second kappa shape index (κ2) is 6.16. The molecule has 2 N–H and O–H groups in total. The van der Waals surface area contributed by atoms with Crippen molar-refractivity contribution in [2.24, 2.45) is 0 Å². The van der Waals surface area contributed by atoms with Crippen LogP contribution in [0.5, 0.6) is 0 Å². The van der Waals surface area contributed by atoms with Crippen molar-refractivity contribution in [1.82, 2.24) is 15.0 Å². The van der Waals surface area contributed by atoms with Crippen molar-refractivity contribution < 1.29 is 0 Å².